The average Bonchev–Trinajstić information content (AvgIpc) is 2.68. The van der Waals surface area contributed by atoms with Gasteiger partial charge in [0, 0.05) is 25.7 Å². The van der Waals surface area contributed by atoms with Crippen molar-refractivity contribution in [2.24, 2.45) is 0 Å². The monoisotopic (exact) mass is 204 g/mol. The van der Waals surface area contributed by atoms with Gasteiger partial charge in [-0.3, -0.25) is 9.80 Å². The highest BCUT2D eigenvalue weighted by molar-refractivity contribution is 5.14. The van der Waals surface area contributed by atoms with E-state index in [1.807, 2.05) is 0 Å². The third kappa shape index (κ3) is 2.80. The van der Waals surface area contributed by atoms with E-state index in [9.17, 15) is 0 Å². The smallest absolute Gasteiger partial charge is 0.0513 e. The Morgan fingerprint density at radius 3 is 2.47 bits per heavy atom. The molecule has 0 bridgehead atoms. The summed E-state index contributed by atoms with van der Waals surface area (Å²) < 4.78 is 0. The summed E-state index contributed by atoms with van der Waals surface area (Å²) in [5.41, 5.74) is 1.42. The van der Waals surface area contributed by atoms with E-state index in [2.05, 4.69) is 54.0 Å². The van der Waals surface area contributed by atoms with Crippen LogP contribution in [0.1, 0.15) is 19.4 Å². The predicted octanol–water partition coefficient (Wildman–Crippen LogP) is 2.17. The molecule has 1 heterocycles. The minimum Gasteiger partial charge on any atom is -0.287 e. The summed E-state index contributed by atoms with van der Waals surface area (Å²) >= 11 is 0. The lowest BCUT2D eigenvalue weighted by atomic mass is 10.2. The van der Waals surface area contributed by atoms with Crippen molar-refractivity contribution in [1.29, 1.82) is 0 Å². The molecule has 1 fully saturated rings. The minimum atomic E-state index is 0.672. The fourth-order valence-electron chi connectivity index (χ4n) is 2.06. The van der Waals surface area contributed by atoms with E-state index in [0.29, 0.717) is 6.04 Å². The third-order valence-corrected chi connectivity index (χ3v) is 3.06. The molecule has 1 aliphatic heterocycles. The maximum Gasteiger partial charge on any atom is 0.0513 e. The van der Waals surface area contributed by atoms with Gasteiger partial charge in [0.05, 0.1) is 6.67 Å². The molecular formula is C13H20N2. The minimum absolute atomic E-state index is 0.672. The summed E-state index contributed by atoms with van der Waals surface area (Å²) in [6, 6.07) is 11.4. The van der Waals surface area contributed by atoms with Gasteiger partial charge >= 0.3 is 0 Å². The highest BCUT2D eigenvalue weighted by Gasteiger charge is 2.21. The summed E-state index contributed by atoms with van der Waals surface area (Å²) in [6.07, 6.45) is 0. The summed E-state index contributed by atoms with van der Waals surface area (Å²) in [4.78, 5) is 5.03. The number of hydrogen-bond acceptors (Lipinski definition) is 2. The lowest BCUT2D eigenvalue weighted by molar-refractivity contribution is 0.207. The molecule has 0 amide bonds. The maximum atomic E-state index is 2.52. The molecule has 0 aromatic heterocycles. The van der Waals surface area contributed by atoms with Crippen molar-refractivity contribution < 1.29 is 0 Å². The first-order valence-electron chi connectivity index (χ1n) is 5.76. The second-order valence-corrected chi connectivity index (χ2v) is 4.59. The van der Waals surface area contributed by atoms with Crippen LogP contribution in [0.25, 0.3) is 0 Å². The zero-order valence-electron chi connectivity index (χ0n) is 9.69. The molecule has 0 radical (unpaired) electrons. The largest absolute Gasteiger partial charge is 0.287 e. The van der Waals surface area contributed by atoms with Crippen molar-refractivity contribution in [2.75, 3.05) is 19.8 Å². The highest BCUT2D eigenvalue weighted by Crippen LogP contribution is 2.12. The molecule has 0 saturated carbocycles. The van der Waals surface area contributed by atoms with Gasteiger partial charge in [-0.1, -0.05) is 30.3 Å². The van der Waals surface area contributed by atoms with Crippen LogP contribution >= 0.6 is 0 Å². The Bertz CT molecular complexity index is 295. The van der Waals surface area contributed by atoms with Crippen molar-refractivity contribution in [1.82, 2.24) is 9.80 Å². The summed E-state index contributed by atoms with van der Waals surface area (Å²) in [5.74, 6) is 0. The Balaban J connectivity index is 1.88. The fourth-order valence-corrected chi connectivity index (χ4v) is 2.06. The van der Waals surface area contributed by atoms with Crippen LogP contribution in [-0.4, -0.2) is 35.6 Å². The summed E-state index contributed by atoms with van der Waals surface area (Å²) in [7, 11) is 0. The topological polar surface area (TPSA) is 6.48 Å². The Kier molecular flexibility index (Phi) is 3.39. The molecule has 15 heavy (non-hydrogen) atoms. The average molecular weight is 204 g/mol. The molecule has 0 spiro atoms. The van der Waals surface area contributed by atoms with Gasteiger partial charge in [0.25, 0.3) is 0 Å². The normalized spacial score (nSPS) is 18.9. The van der Waals surface area contributed by atoms with Crippen molar-refractivity contribution in [3.05, 3.63) is 35.9 Å². The fraction of sp³-hybridized carbons (Fsp3) is 0.538. The predicted molar refractivity (Wildman–Crippen MR) is 63.6 cm³/mol. The van der Waals surface area contributed by atoms with Gasteiger partial charge in [-0.15, -0.1) is 0 Å². The SMILES string of the molecule is CC(C)N1CCN(Cc2ccccc2)C1. The van der Waals surface area contributed by atoms with Crippen LogP contribution in [-0.2, 0) is 6.54 Å². The lowest BCUT2D eigenvalue weighted by Gasteiger charge is -2.21. The van der Waals surface area contributed by atoms with E-state index in [0.717, 1.165) is 13.2 Å². The zero-order valence-corrected chi connectivity index (χ0v) is 9.69. The van der Waals surface area contributed by atoms with Gasteiger partial charge in [0.15, 0.2) is 0 Å². The first kappa shape index (κ1) is 10.7. The van der Waals surface area contributed by atoms with Crippen molar-refractivity contribution in [3.8, 4) is 0 Å². The Morgan fingerprint density at radius 1 is 1.13 bits per heavy atom. The van der Waals surface area contributed by atoms with Crippen LogP contribution < -0.4 is 0 Å². The van der Waals surface area contributed by atoms with E-state index < -0.39 is 0 Å². The lowest BCUT2D eigenvalue weighted by Crippen LogP contribution is -2.30. The van der Waals surface area contributed by atoms with Crippen LogP contribution in [0, 0.1) is 0 Å². The van der Waals surface area contributed by atoms with Gasteiger partial charge in [0.2, 0.25) is 0 Å². The van der Waals surface area contributed by atoms with Gasteiger partial charge in [-0.05, 0) is 19.4 Å². The molecule has 0 atom stereocenters. The number of rotatable bonds is 3. The van der Waals surface area contributed by atoms with E-state index in [-0.39, 0.29) is 0 Å². The standard InChI is InChI=1S/C13H20N2/c1-12(2)15-9-8-14(11-15)10-13-6-4-3-5-7-13/h3-7,12H,8-11H2,1-2H3. The van der Waals surface area contributed by atoms with Crippen LogP contribution in [0.3, 0.4) is 0 Å². The molecule has 1 saturated heterocycles. The van der Waals surface area contributed by atoms with E-state index >= 15 is 0 Å². The molecule has 1 aliphatic rings. The second kappa shape index (κ2) is 4.77. The molecular weight excluding hydrogens is 184 g/mol. The van der Waals surface area contributed by atoms with E-state index in [4.69, 9.17) is 0 Å². The Morgan fingerprint density at radius 2 is 1.87 bits per heavy atom. The molecule has 82 valence electrons. The van der Waals surface area contributed by atoms with Crippen molar-refractivity contribution >= 4 is 0 Å². The van der Waals surface area contributed by atoms with E-state index in [1.54, 1.807) is 0 Å². The Hall–Kier alpha value is -0.860. The first-order chi connectivity index (χ1) is 7.25. The van der Waals surface area contributed by atoms with E-state index in [1.165, 1.54) is 18.7 Å². The number of hydrogen-bond donors (Lipinski definition) is 0. The number of benzene rings is 1. The second-order valence-electron chi connectivity index (χ2n) is 4.59. The van der Waals surface area contributed by atoms with Gasteiger partial charge in [-0.25, -0.2) is 0 Å². The quantitative estimate of drug-likeness (QED) is 0.744. The van der Waals surface area contributed by atoms with Crippen LogP contribution in [0.2, 0.25) is 0 Å². The van der Waals surface area contributed by atoms with Crippen molar-refractivity contribution in [2.45, 2.75) is 26.4 Å². The van der Waals surface area contributed by atoms with Gasteiger partial charge in [-0.2, -0.15) is 0 Å². The highest BCUT2D eigenvalue weighted by atomic mass is 15.4. The van der Waals surface area contributed by atoms with Gasteiger partial charge < -0.3 is 0 Å². The summed E-state index contributed by atoms with van der Waals surface area (Å²) in [5, 5.41) is 0. The summed E-state index contributed by atoms with van der Waals surface area (Å²) in [6.45, 7) is 9.16. The van der Waals surface area contributed by atoms with Crippen LogP contribution in [0.15, 0.2) is 30.3 Å². The Labute approximate surface area is 92.5 Å². The molecule has 0 aliphatic carbocycles. The molecule has 1 aromatic carbocycles. The molecule has 1 aromatic rings. The molecule has 0 unspecified atom stereocenters. The zero-order chi connectivity index (χ0) is 10.7. The van der Waals surface area contributed by atoms with Gasteiger partial charge in [0.1, 0.15) is 0 Å². The van der Waals surface area contributed by atoms with Crippen LogP contribution in [0.5, 0.6) is 0 Å². The first-order valence-corrected chi connectivity index (χ1v) is 5.76. The molecule has 0 N–H and O–H groups in total. The molecule has 2 rings (SSSR count). The molecule has 2 nitrogen and oxygen atoms in total. The van der Waals surface area contributed by atoms with Crippen molar-refractivity contribution in [3.63, 3.8) is 0 Å². The van der Waals surface area contributed by atoms with Crippen LogP contribution in [0.4, 0.5) is 0 Å². The number of nitrogens with zero attached hydrogens (tertiary/aromatic N) is 2. The maximum absolute atomic E-state index is 2.52. The third-order valence-electron chi connectivity index (χ3n) is 3.06. The molecule has 2 heteroatoms.